The van der Waals surface area contributed by atoms with Crippen LogP contribution in [0.5, 0.6) is 0 Å². The lowest BCUT2D eigenvalue weighted by atomic mass is 10.1. The van der Waals surface area contributed by atoms with Crippen LogP contribution in [0.4, 0.5) is 5.69 Å². The molecular weight excluding hydrogens is 460 g/mol. The first-order chi connectivity index (χ1) is 17.4. The summed E-state index contributed by atoms with van der Waals surface area (Å²) in [5.41, 5.74) is 1.88. The SMILES string of the molecule is CCCCOC(=O)CC1C(=O)NCCN1CC(=O)Nc1cccc(C(=O)NC(C)c2ccccc2)c1. The van der Waals surface area contributed by atoms with Crippen LogP contribution in [0.15, 0.2) is 54.6 Å². The molecule has 1 heterocycles. The molecule has 3 N–H and O–H groups in total. The Hall–Kier alpha value is -3.72. The zero-order valence-electron chi connectivity index (χ0n) is 20.8. The maximum absolute atomic E-state index is 12.8. The van der Waals surface area contributed by atoms with E-state index >= 15 is 0 Å². The van der Waals surface area contributed by atoms with Crippen LogP contribution in [0.2, 0.25) is 0 Å². The predicted octanol–water partition coefficient (Wildman–Crippen LogP) is 2.65. The zero-order chi connectivity index (χ0) is 25.9. The third kappa shape index (κ3) is 7.91. The normalized spacial score (nSPS) is 16.5. The third-order valence-corrected chi connectivity index (χ3v) is 5.97. The highest BCUT2D eigenvalue weighted by molar-refractivity contribution is 5.98. The minimum Gasteiger partial charge on any atom is -0.466 e. The van der Waals surface area contributed by atoms with E-state index in [1.54, 1.807) is 29.2 Å². The van der Waals surface area contributed by atoms with Gasteiger partial charge in [0.25, 0.3) is 5.91 Å². The quantitative estimate of drug-likeness (QED) is 0.327. The molecule has 0 radical (unpaired) electrons. The molecule has 1 fully saturated rings. The van der Waals surface area contributed by atoms with Gasteiger partial charge in [-0.25, -0.2) is 0 Å². The Balaban J connectivity index is 1.57. The van der Waals surface area contributed by atoms with Gasteiger partial charge in [-0.15, -0.1) is 0 Å². The highest BCUT2D eigenvalue weighted by atomic mass is 16.5. The standard InChI is InChI=1S/C27H34N4O5/c1-3-4-15-36-25(33)17-23-27(35)28-13-14-31(23)18-24(32)30-22-12-8-11-21(16-22)26(34)29-19(2)20-9-6-5-7-10-20/h5-12,16,19,23H,3-4,13-15,17-18H2,1-2H3,(H,28,35)(H,29,34)(H,30,32). The fourth-order valence-corrected chi connectivity index (χ4v) is 3.95. The van der Waals surface area contributed by atoms with Gasteiger partial charge >= 0.3 is 5.97 Å². The van der Waals surface area contributed by atoms with E-state index < -0.39 is 12.0 Å². The monoisotopic (exact) mass is 494 g/mol. The van der Waals surface area contributed by atoms with Crippen LogP contribution in [0.1, 0.15) is 55.1 Å². The Labute approximate surface area is 211 Å². The van der Waals surface area contributed by atoms with Crippen molar-refractivity contribution in [3.8, 4) is 0 Å². The second kappa shape index (κ2) is 13.4. The molecule has 36 heavy (non-hydrogen) atoms. The topological polar surface area (TPSA) is 117 Å². The van der Waals surface area contributed by atoms with Crippen LogP contribution in [-0.4, -0.2) is 60.9 Å². The van der Waals surface area contributed by atoms with E-state index in [4.69, 9.17) is 4.74 Å². The molecule has 1 saturated heterocycles. The van der Waals surface area contributed by atoms with Gasteiger partial charge in [-0.2, -0.15) is 0 Å². The summed E-state index contributed by atoms with van der Waals surface area (Å²) in [7, 11) is 0. The highest BCUT2D eigenvalue weighted by Gasteiger charge is 2.33. The molecule has 2 aromatic carbocycles. The van der Waals surface area contributed by atoms with Crippen molar-refractivity contribution in [1.29, 1.82) is 0 Å². The first-order valence-electron chi connectivity index (χ1n) is 12.3. The van der Waals surface area contributed by atoms with Gasteiger partial charge in [0, 0.05) is 24.3 Å². The third-order valence-electron chi connectivity index (χ3n) is 5.97. The van der Waals surface area contributed by atoms with Crippen molar-refractivity contribution in [1.82, 2.24) is 15.5 Å². The number of hydrogen-bond acceptors (Lipinski definition) is 6. The van der Waals surface area contributed by atoms with Crippen molar-refractivity contribution in [3.05, 3.63) is 65.7 Å². The molecule has 0 saturated carbocycles. The van der Waals surface area contributed by atoms with Gasteiger partial charge in [-0.3, -0.25) is 24.1 Å². The summed E-state index contributed by atoms with van der Waals surface area (Å²) in [6.45, 7) is 4.98. The van der Waals surface area contributed by atoms with E-state index in [0.29, 0.717) is 30.9 Å². The molecule has 0 spiro atoms. The fourth-order valence-electron chi connectivity index (χ4n) is 3.95. The molecule has 0 aliphatic carbocycles. The second-order valence-corrected chi connectivity index (χ2v) is 8.79. The number of nitrogens with zero attached hydrogens (tertiary/aromatic N) is 1. The molecule has 3 amide bonds. The highest BCUT2D eigenvalue weighted by Crippen LogP contribution is 2.16. The van der Waals surface area contributed by atoms with E-state index in [0.717, 1.165) is 18.4 Å². The van der Waals surface area contributed by atoms with E-state index in [9.17, 15) is 19.2 Å². The Bertz CT molecular complexity index is 1060. The summed E-state index contributed by atoms with van der Waals surface area (Å²) in [6.07, 6.45) is 1.55. The Morgan fingerprint density at radius 2 is 1.92 bits per heavy atom. The maximum atomic E-state index is 12.8. The van der Waals surface area contributed by atoms with Crippen LogP contribution in [0.3, 0.4) is 0 Å². The minimum absolute atomic E-state index is 0.0677. The molecule has 2 unspecified atom stereocenters. The number of amides is 3. The molecule has 2 aromatic rings. The second-order valence-electron chi connectivity index (χ2n) is 8.79. The van der Waals surface area contributed by atoms with Gasteiger partial charge in [-0.05, 0) is 37.1 Å². The van der Waals surface area contributed by atoms with Crippen molar-refractivity contribution in [2.24, 2.45) is 0 Å². The van der Waals surface area contributed by atoms with Crippen LogP contribution < -0.4 is 16.0 Å². The lowest BCUT2D eigenvalue weighted by molar-refractivity contribution is -0.149. The number of piperazine rings is 1. The predicted molar refractivity (Wildman–Crippen MR) is 136 cm³/mol. The summed E-state index contributed by atoms with van der Waals surface area (Å²) >= 11 is 0. The molecule has 0 bridgehead atoms. The first-order valence-corrected chi connectivity index (χ1v) is 12.3. The zero-order valence-corrected chi connectivity index (χ0v) is 20.8. The van der Waals surface area contributed by atoms with E-state index in [-0.39, 0.29) is 36.7 Å². The number of anilines is 1. The van der Waals surface area contributed by atoms with Crippen molar-refractivity contribution in [3.63, 3.8) is 0 Å². The van der Waals surface area contributed by atoms with E-state index in [1.807, 2.05) is 44.2 Å². The van der Waals surface area contributed by atoms with Crippen LogP contribution in [0.25, 0.3) is 0 Å². The smallest absolute Gasteiger partial charge is 0.307 e. The Morgan fingerprint density at radius 3 is 2.67 bits per heavy atom. The molecule has 1 aliphatic rings. The minimum atomic E-state index is -0.768. The lowest BCUT2D eigenvalue weighted by Gasteiger charge is -2.33. The molecular formula is C27H34N4O5. The van der Waals surface area contributed by atoms with Crippen LogP contribution in [0, 0.1) is 0 Å². The van der Waals surface area contributed by atoms with Gasteiger partial charge in [0.15, 0.2) is 0 Å². The molecule has 2 atom stereocenters. The van der Waals surface area contributed by atoms with Crippen LogP contribution in [-0.2, 0) is 19.1 Å². The van der Waals surface area contributed by atoms with Gasteiger partial charge < -0.3 is 20.7 Å². The number of hydrogen-bond donors (Lipinski definition) is 3. The summed E-state index contributed by atoms with van der Waals surface area (Å²) < 4.78 is 5.19. The molecule has 9 nitrogen and oxygen atoms in total. The maximum Gasteiger partial charge on any atom is 0.307 e. The van der Waals surface area contributed by atoms with E-state index in [1.165, 1.54) is 0 Å². The van der Waals surface area contributed by atoms with Crippen molar-refractivity contribution in [2.45, 2.75) is 45.2 Å². The van der Waals surface area contributed by atoms with Crippen molar-refractivity contribution < 1.29 is 23.9 Å². The largest absolute Gasteiger partial charge is 0.466 e. The average Bonchev–Trinajstić information content (AvgIpc) is 2.87. The van der Waals surface area contributed by atoms with Gasteiger partial charge in [0.2, 0.25) is 11.8 Å². The summed E-state index contributed by atoms with van der Waals surface area (Å²) in [5, 5.41) is 8.49. The van der Waals surface area contributed by atoms with Crippen molar-refractivity contribution >= 4 is 29.4 Å². The number of esters is 1. The molecule has 1 aliphatic heterocycles. The lowest BCUT2D eigenvalue weighted by Crippen LogP contribution is -2.57. The van der Waals surface area contributed by atoms with Crippen molar-refractivity contribution in [2.75, 3.05) is 31.6 Å². The van der Waals surface area contributed by atoms with Gasteiger partial charge in [0.05, 0.1) is 25.6 Å². The number of unbranched alkanes of at least 4 members (excludes halogenated alkanes) is 1. The summed E-state index contributed by atoms with van der Waals surface area (Å²) in [6, 6.07) is 15.4. The van der Waals surface area contributed by atoms with Gasteiger partial charge in [-0.1, -0.05) is 49.7 Å². The summed E-state index contributed by atoms with van der Waals surface area (Å²) in [5.74, 6) is -1.35. The molecule has 192 valence electrons. The molecule has 9 heteroatoms. The Morgan fingerprint density at radius 1 is 1.14 bits per heavy atom. The van der Waals surface area contributed by atoms with E-state index in [2.05, 4.69) is 16.0 Å². The number of carbonyl (C=O) groups excluding carboxylic acids is 4. The molecule has 3 rings (SSSR count). The number of nitrogens with one attached hydrogen (secondary N) is 3. The molecule has 0 aromatic heterocycles. The first kappa shape index (κ1) is 26.9. The number of carbonyl (C=O) groups is 4. The number of ether oxygens (including phenoxy) is 1. The summed E-state index contributed by atoms with van der Waals surface area (Å²) in [4.78, 5) is 51.7. The number of rotatable bonds is 11. The fraction of sp³-hybridized carbons (Fsp3) is 0.407. The Kier molecular flexibility index (Phi) is 10.00. The van der Waals surface area contributed by atoms with Gasteiger partial charge in [0.1, 0.15) is 6.04 Å². The number of benzene rings is 2. The average molecular weight is 495 g/mol. The van der Waals surface area contributed by atoms with Crippen LogP contribution >= 0.6 is 0 Å².